The summed E-state index contributed by atoms with van der Waals surface area (Å²) in [4.78, 5) is 20.3. The molecule has 0 aliphatic carbocycles. The van der Waals surface area contributed by atoms with Crippen LogP contribution in [0.2, 0.25) is 0 Å². The number of aromatic nitrogens is 5. The Labute approximate surface area is 196 Å². The smallest absolute Gasteiger partial charge is 0.243 e. The van der Waals surface area contributed by atoms with E-state index in [9.17, 15) is 4.79 Å². The molecule has 1 aliphatic heterocycles. The fourth-order valence-electron chi connectivity index (χ4n) is 4.72. The minimum Gasteiger partial charge on any atom is -0.486 e. The van der Waals surface area contributed by atoms with Crippen molar-refractivity contribution in [1.29, 1.82) is 0 Å². The van der Waals surface area contributed by atoms with Crippen molar-refractivity contribution < 1.29 is 9.53 Å². The van der Waals surface area contributed by atoms with Crippen molar-refractivity contribution >= 4 is 22.6 Å². The third-order valence-corrected chi connectivity index (χ3v) is 6.35. The summed E-state index contributed by atoms with van der Waals surface area (Å²) >= 11 is 0. The van der Waals surface area contributed by atoms with Crippen LogP contribution >= 0.6 is 0 Å². The van der Waals surface area contributed by atoms with E-state index in [1.165, 1.54) is 0 Å². The summed E-state index contributed by atoms with van der Waals surface area (Å²) in [7, 11) is 0. The molecule has 4 heterocycles. The van der Waals surface area contributed by atoms with E-state index in [0.717, 1.165) is 46.9 Å². The van der Waals surface area contributed by atoms with Gasteiger partial charge < -0.3 is 14.2 Å². The normalized spacial score (nSPS) is 15.9. The number of para-hydroxylation sites is 3. The van der Waals surface area contributed by atoms with Gasteiger partial charge in [0.1, 0.15) is 24.7 Å². The van der Waals surface area contributed by atoms with Gasteiger partial charge in [0.25, 0.3) is 0 Å². The molecular weight excluding hydrogens is 428 g/mol. The van der Waals surface area contributed by atoms with E-state index in [2.05, 4.69) is 10.2 Å². The largest absolute Gasteiger partial charge is 0.486 e. The maximum atomic E-state index is 13.6. The van der Waals surface area contributed by atoms with Crippen LogP contribution in [0, 0.1) is 0 Å². The SMILES string of the molecule is O=C(Cn1c(COc2ccccc2)nc2ccccc21)N1CCC[C@@H]1c1nnc2ccccn12. The molecule has 8 nitrogen and oxygen atoms in total. The first kappa shape index (κ1) is 20.4. The number of likely N-dealkylation sites (tertiary alicyclic amines) is 1. The second kappa shape index (κ2) is 8.62. The van der Waals surface area contributed by atoms with E-state index in [0.29, 0.717) is 6.54 Å². The summed E-state index contributed by atoms with van der Waals surface area (Å²) < 4.78 is 9.91. The third kappa shape index (κ3) is 3.67. The molecule has 0 saturated carbocycles. The number of ether oxygens (including phenoxy) is 1. The van der Waals surface area contributed by atoms with Crippen LogP contribution in [0.15, 0.2) is 79.0 Å². The van der Waals surface area contributed by atoms with Crippen LogP contribution in [-0.2, 0) is 17.9 Å². The van der Waals surface area contributed by atoms with Gasteiger partial charge in [-0.3, -0.25) is 9.20 Å². The van der Waals surface area contributed by atoms with Gasteiger partial charge in [-0.15, -0.1) is 10.2 Å². The van der Waals surface area contributed by atoms with Gasteiger partial charge in [0.05, 0.1) is 17.1 Å². The second-order valence-electron chi connectivity index (χ2n) is 8.44. The Morgan fingerprint density at radius 3 is 2.71 bits per heavy atom. The quantitative estimate of drug-likeness (QED) is 0.389. The number of rotatable bonds is 6. The number of hydrogen-bond donors (Lipinski definition) is 0. The number of hydrogen-bond acceptors (Lipinski definition) is 5. The van der Waals surface area contributed by atoms with Crippen LogP contribution in [0.1, 0.15) is 30.5 Å². The predicted molar refractivity (Wildman–Crippen MR) is 127 cm³/mol. The van der Waals surface area contributed by atoms with E-state index < -0.39 is 0 Å². The van der Waals surface area contributed by atoms with Gasteiger partial charge in [-0.05, 0) is 49.2 Å². The Balaban J connectivity index is 1.28. The first-order valence-corrected chi connectivity index (χ1v) is 11.5. The van der Waals surface area contributed by atoms with Crippen molar-refractivity contribution in [3.05, 3.63) is 90.6 Å². The van der Waals surface area contributed by atoms with Gasteiger partial charge in [0.15, 0.2) is 11.5 Å². The molecule has 0 spiro atoms. The van der Waals surface area contributed by atoms with Crippen molar-refractivity contribution in [3.63, 3.8) is 0 Å². The van der Waals surface area contributed by atoms with Crippen LogP contribution in [0.4, 0.5) is 0 Å². The number of nitrogens with zero attached hydrogens (tertiary/aromatic N) is 6. The average Bonchev–Trinajstić information content (AvgIpc) is 3.60. The van der Waals surface area contributed by atoms with Crippen LogP contribution in [-0.4, -0.2) is 41.5 Å². The maximum absolute atomic E-state index is 13.6. The molecule has 34 heavy (non-hydrogen) atoms. The van der Waals surface area contributed by atoms with Gasteiger partial charge in [-0.1, -0.05) is 36.4 Å². The van der Waals surface area contributed by atoms with Crippen molar-refractivity contribution in [2.45, 2.75) is 32.0 Å². The van der Waals surface area contributed by atoms with Crippen LogP contribution < -0.4 is 4.74 Å². The molecule has 2 aromatic carbocycles. The summed E-state index contributed by atoms with van der Waals surface area (Å²) in [5, 5.41) is 8.70. The molecular formula is C26H24N6O2. The molecule has 1 fully saturated rings. The fourth-order valence-corrected chi connectivity index (χ4v) is 4.72. The molecule has 5 aromatic rings. The Morgan fingerprint density at radius 1 is 0.971 bits per heavy atom. The van der Waals surface area contributed by atoms with Crippen LogP contribution in [0.3, 0.4) is 0 Å². The summed E-state index contributed by atoms with van der Waals surface area (Å²) in [6, 6.07) is 23.2. The minimum absolute atomic E-state index is 0.0410. The molecule has 6 rings (SSSR count). The molecule has 170 valence electrons. The topological polar surface area (TPSA) is 77.6 Å². The van der Waals surface area contributed by atoms with Crippen molar-refractivity contribution in [1.82, 2.24) is 29.0 Å². The average molecular weight is 453 g/mol. The molecule has 0 bridgehead atoms. The Kier molecular flexibility index (Phi) is 5.18. The highest BCUT2D eigenvalue weighted by atomic mass is 16.5. The molecule has 3 aromatic heterocycles. The molecule has 1 amide bonds. The summed E-state index contributed by atoms with van der Waals surface area (Å²) in [6.45, 7) is 1.18. The van der Waals surface area contributed by atoms with Crippen molar-refractivity contribution in [2.75, 3.05) is 6.54 Å². The first-order valence-electron chi connectivity index (χ1n) is 11.5. The molecule has 1 saturated heterocycles. The zero-order chi connectivity index (χ0) is 22.9. The highest BCUT2D eigenvalue weighted by Gasteiger charge is 2.33. The zero-order valence-corrected chi connectivity index (χ0v) is 18.6. The third-order valence-electron chi connectivity index (χ3n) is 6.35. The number of imidazole rings is 1. The lowest BCUT2D eigenvalue weighted by atomic mass is 10.2. The first-order chi connectivity index (χ1) is 16.8. The van der Waals surface area contributed by atoms with Crippen LogP contribution in [0.25, 0.3) is 16.7 Å². The van der Waals surface area contributed by atoms with Gasteiger partial charge in [0.2, 0.25) is 5.91 Å². The summed E-state index contributed by atoms with van der Waals surface area (Å²) in [5.74, 6) is 2.34. The standard InChI is InChI=1S/C26H24N6O2/c33-25(30-16-8-13-22(30)26-29-28-23-14-6-7-15-31(23)26)17-32-21-12-5-4-11-20(21)27-24(32)18-34-19-9-2-1-3-10-19/h1-7,9-12,14-15,22H,8,13,16-18H2/t22-/m1/s1. The number of carbonyl (C=O) groups excluding carboxylic acids is 1. The summed E-state index contributed by atoms with van der Waals surface area (Å²) in [6.07, 6.45) is 3.76. The molecule has 1 aliphatic rings. The van der Waals surface area contributed by atoms with Gasteiger partial charge >= 0.3 is 0 Å². The van der Waals surface area contributed by atoms with Crippen molar-refractivity contribution in [3.8, 4) is 5.75 Å². The minimum atomic E-state index is -0.0938. The number of pyridine rings is 1. The predicted octanol–water partition coefficient (Wildman–Crippen LogP) is 4.02. The Hall–Kier alpha value is -4.20. The van der Waals surface area contributed by atoms with E-state index in [-0.39, 0.29) is 25.1 Å². The Bertz CT molecular complexity index is 1460. The van der Waals surface area contributed by atoms with E-state index in [4.69, 9.17) is 9.72 Å². The van der Waals surface area contributed by atoms with E-state index >= 15 is 0 Å². The van der Waals surface area contributed by atoms with Gasteiger partial charge in [0, 0.05) is 12.7 Å². The van der Waals surface area contributed by atoms with E-state index in [1.807, 2.05) is 92.9 Å². The lowest BCUT2D eigenvalue weighted by Gasteiger charge is -2.24. The molecule has 8 heteroatoms. The highest BCUT2D eigenvalue weighted by Crippen LogP contribution is 2.31. The molecule has 1 atom stereocenters. The van der Waals surface area contributed by atoms with Crippen molar-refractivity contribution in [2.24, 2.45) is 0 Å². The number of carbonyl (C=O) groups is 1. The highest BCUT2D eigenvalue weighted by molar-refractivity contribution is 5.81. The maximum Gasteiger partial charge on any atom is 0.243 e. The number of fused-ring (bicyclic) bond motifs is 2. The lowest BCUT2D eigenvalue weighted by molar-refractivity contribution is -0.132. The monoisotopic (exact) mass is 452 g/mol. The van der Waals surface area contributed by atoms with E-state index in [1.54, 1.807) is 0 Å². The van der Waals surface area contributed by atoms with Crippen LogP contribution in [0.5, 0.6) is 5.75 Å². The van der Waals surface area contributed by atoms with Gasteiger partial charge in [-0.2, -0.15) is 0 Å². The molecule has 0 unspecified atom stereocenters. The molecule has 0 radical (unpaired) electrons. The fraction of sp³-hybridized carbons (Fsp3) is 0.231. The Morgan fingerprint density at radius 2 is 1.79 bits per heavy atom. The zero-order valence-electron chi connectivity index (χ0n) is 18.6. The number of benzene rings is 2. The lowest BCUT2D eigenvalue weighted by Crippen LogP contribution is -2.34. The number of amides is 1. The van der Waals surface area contributed by atoms with Gasteiger partial charge in [-0.25, -0.2) is 4.98 Å². The summed E-state index contributed by atoms with van der Waals surface area (Å²) in [5.41, 5.74) is 2.56. The second-order valence-corrected chi connectivity index (χ2v) is 8.44. The molecule has 0 N–H and O–H groups in total.